The Kier molecular flexibility index (Phi) is 6.71. The van der Waals surface area contributed by atoms with Gasteiger partial charge in [-0.3, -0.25) is 9.52 Å². The summed E-state index contributed by atoms with van der Waals surface area (Å²) in [6.45, 7) is 3.64. The van der Waals surface area contributed by atoms with Crippen LogP contribution in [0.4, 0.5) is 5.69 Å². The molecule has 2 unspecified atom stereocenters. The lowest BCUT2D eigenvalue weighted by molar-refractivity contribution is 0.0680. The number of anilines is 1. The van der Waals surface area contributed by atoms with Crippen molar-refractivity contribution < 1.29 is 13.2 Å². The van der Waals surface area contributed by atoms with Gasteiger partial charge in [0.1, 0.15) is 0 Å². The predicted octanol–water partition coefficient (Wildman–Crippen LogP) is 2.23. The van der Waals surface area contributed by atoms with Gasteiger partial charge >= 0.3 is 0 Å². The number of amides is 1. The van der Waals surface area contributed by atoms with E-state index in [0.29, 0.717) is 23.7 Å². The van der Waals surface area contributed by atoms with Gasteiger partial charge in [0.2, 0.25) is 10.0 Å². The second-order valence-electron chi connectivity index (χ2n) is 6.59. The molecule has 6 nitrogen and oxygen atoms in total. The van der Waals surface area contributed by atoms with E-state index < -0.39 is 10.0 Å². The number of nitrogens with zero attached hydrogens (tertiary/aromatic N) is 1. The summed E-state index contributed by atoms with van der Waals surface area (Å²) < 4.78 is 26.2. The van der Waals surface area contributed by atoms with Crippen molar-refractivity contribution in [2.45, 2.75) is 44.7 Å². The van der Waals surface area contributed by atoms with Crippen molar-refractivity contribution in [3.63, 3.8) is 0 Å². The number of halogens is 1. The molecule has 0 spiro atoms. The number of carbonyl (C=O) groups is 1. The molecule has 2 aliphatic rings. The van der Waals surface area contributed by atoms with Crippen molar-refractivity contribution in [2.75, 3.05) is 23.6 Å². The maximum atomic E-state index is 12.9. The second kappa shape index (κ2) is 8.38. The first-order valence-corrected chi connectivity index (χ1v) is 10.3. The highest BCUT2D eigenvalue weighted by Crippen LogP contribution is 2.29. The zero-order chi connectivity index (χ0) is 17.2. The highest BCUT2D eigenvalue weighted by molar-refractivity contribution is 7.92. The second-order valence-corrected chi connectivity index (χ2v) is 8.43. The van der Waals surface area contributed by atoms with Crippen LogP contribution in [0.1, 0.15) is 43.0 Å². The molecule has 1 aromatic rings. The fourth-order valence-electron chi connectivity index (χ4n) is 3.64. The van der Waals surface area contributed by atoms with Gasteiger partial charge < -0.3 is 10.2 Å². The summed E-state index contributed by atoms with van der Waals surface area (Å²) >= 11 is 0. The molecule has 0 aliphatic carbocycles. The normalized spacial score (nSPS) is 22.8. The quantitative estimate of drug-likeness (QED) is 0.812. The molecule has 1 aromatic carbocycles. The minimum absolute atomic E-state index is 0. The number of hydrogen-bond acceptors (Lipinski definition) is 4. The Balaban J connectivity index is 0.00000225. The summed E-state index contributed by atoms with van der Waals surface area (Å²) in [4.78, 5) is 14.9. The molecule has 2 N–H and O–H groups in total. The van der Waals surface area contributed by atoms with E-state index in [9.17, 15) is 13.2 Å². The fraction of sp³-hybridized carbons (Fsp3) is 0.588. The van der Waals surface area contributed by atoms with Crippen LogP contribution in [0.5, 0.6) is 0 Å². The lowest BCUT2D eigenvalue weighted by atomic mass is 10.1. The molecule has 2 heterocycles. The molecule has 25 heavy (non-hydrogen) atoms. The number of nitrogens with one attached hydrogen (secondary N) is 2. The lowest BCUT2D eigenvalue weighted by Crippen LogP contribution is -2.42. The minimum atomic E-state index is -3.30. The van der Waals surface area contributed by atoms with Gasteiger partial charge in [-0.2, -0.15) is 0 Å². The summed E-state index contributed by atoms with van der Waals surface area (Å²) in [6.07, 6.45) is 3.69. The van der Waals surface area contributed by atoms with Crippen LogP contribution >= 0.6 is 12.4 Å². The van der Waals surface area contributed by atoms with Crippen LogP contribution in [-0.4, -0.2) is 50.2 Å². The van der Waals surface area contributed by atoms with E-state index in [1.165, 1.54) is 0 Å². The third-order valence-corrected chi connectivity index (χ3v) is 6.26. The van der Waals surface area contributed by atoms with Gasteiger partial charge in [-0.25, -0.2) is 8.42 Å². The van der Waals surface area contributed by atoms with Crippen LogP contribution in [0.15, 0.2) is 24.3 Å². The van der Waals surface area contributed by atoms with Gasteiger partial charge in [-0.05, 0) is 56.5 Å². The van der Waals surface area contributed by atoms with Gasteiger partial charge in [0.05, 0.1) is 5.75 Å². The minimum Gasteiger partial charge on any atom is -0.331 e. The molecule has 3 rings (SSSR count). The van der Waals surface area contributed by atoms with Crippen LogP contribution in [0.2, 0.25) is 0 Å². The number of rotatable bonds is 5. The molecule has 2 fully saturated rings. The monoisotopic (exact) mass is 387 g/mol. The number of carbonyl (C=O) groups excluding carboxylic acids is 1. The van der Waals surface area contributed by atoms with Crippen molar-refractivity contribution in [3.8, 4) is 0 Å². The highest BCUT2D eigenvalue weighted by atomic mass is 35.5. The molecule has 8 heteroatoms. The van der Waals surface area contributed by atoms with Crippen LogP contribution in [0.3, 0.4) is 0 Å². The predicted molar refractivity (Wildman–Crippen MR) is 102 cm³/mol. The summed E-state index contributed by atoms with van der Waals surface area (Å²) in [5.41, 5.74) is 1.12. The van der Waals surface area contributed by atoms with Gasteiger partial charge in [-0.15, -0.1) is 12.4 Å². The topological polar surface area (TPSA) is 78.5 Å². The first-order valence-electron chi connectivity index (χ1n) is 8.64. The van der Waals surface area contributed by atoms with Crippen molar-refractivity contribution in [1.29, 1.82) is 0 Å². The standard InChI is InChI=1S/C17H25N3O3S.ClH/c1-2-11-24(22,23)19-14-5-3-13(4-6-14)17(21)20-15-7-8-16(20)12-18-10-9-15;/h3-6,15-16,18-19H,2,7-12H2,1H3;1H. The van der Waals surface area contributed by atoms with Crippen LogP contribution in [-0.2, 0) is 10.0 Å². The Bertz CT molecular complexity index is 680. The van der Waals surface area contributed by atoms with Crippen molar-refractivity contribution in [2.24, 2.45) is 0 Å². The van der Waals surface area contributed by atoms with Crippen LogP contribution < -0.4 is 10.0 Å². The fourth-order valence-corrected chi connectivity index (χ4v) is 4.78. The van der Waals surface area contributed by atoms with Crippen LogP contribution in [0.25, 0.3) is 0 Å². The largest absolute Gasteiger partial charge is 0.331 e. The van der Waals surface area contributed by atoms with E-state index in [1.54, 1.807) is 24.3 Å². The van der Waals surface area contributed by atoms with Gasteiger partial charge in [-0.1, -0.05) is 6.92 Å². The first kappa shape index (κ1) is 20.0. The maximum absolute atomic E-state index is 12.9. The molecule has 0 saturated carbocycles. The zero-order valence-corrected chi connectivity index (χ0v) is 16.0. The average molecular weight is 388 g/mol. The van der Waals surface area contributed by atoms with E-state index in [-0.39, 0.29) is 30.1 Å². The van der Waals surface area contributed by atoms with Crippen molar-refractivity contribution in [1.82, 2.24) is 10.2 Å². The molecule has 2 bridgehead atoms. The zero-order valence-electron chi connectivity index (χ0n) is 14.4. The summed E-state index contributed by atoms with van der Waals surface area (Å²) in [7, 11) is -3.30. The number of benzene rings is 1. The molecule has 1 amide bonds. The SMILES string of the molecule is CCCS(=O)(=O)Nc1ccc(C(=O)N2C3CCNCC2CC3)cc1.Cl. The lowest BCUT2D eigenvalue weighted by Gasteiger charge is -2.28. The summed E-state index contributed by atoms with van der Waals surface area (Å²) in [6, 6.07) is 7.35. The Morgan fingerprint density at radius 2 is 1.88 bits per heavy atom. The molecule has 0 aromatic heterocycles. The highest BCUT2D eigenvalue weighted by Gasteiger charge is 2.38. The Morgan fingerprint density at radius 3 is 2.56 bits per heavy atom. The molecule has 2 saturated heterocycles. The van der Waals surface area contributed by atoms with Crippen molar-refractivity contribution in [3.05, 3.63) is 29.8 Å². The van der Waals surface area contributed by atoms with E-state index in [0.717, 1.165) is 32.4 Å². The molecular weight excluding hydrogens is 362 g/mol. The molecule has 2 aliphatic heterocycles. The van der Waals surface area contributed by atoms with E-state index in [4.69, 9.17) is 0 Å². The number of hydrogen-bond donors (Lipinski definition) is 2. The first-order chi connectivity index (χ1) is 11.5. The molecular formula is C17H26ClN3O3S. The molecule has 2 atom stereocenters. The average Bonchev–Trinajstić information content (AvgIpc) is 2.80. The Labute approximate surface area is 155 Å². The smallest absolute Gasteiger partial charge is 0.254 e. The van der Waals surface area contributed by atoms with E-state index >= 15 is 0 Å². The summed E-state index contributed by atoms with van der Waals surface area (Å²) in [5, 5.41) is 3.39. The van der Waals surface area contributed by atoms with E-state index in [2.05, 4.69) is 10.0 Å². The number of fused-ring (bicyclic) bond motifs is 2. The van der Waals surface area contributed by atoms with Crippen molar-refractivity contribution >= 4 is 34.0 Å². The molecule has 140 valence electrons. The molecule has 0 radical (unpaired) electrons. The Morgan fingerprint density at radius 1 is 1.20 bits per heavy atom. The van der Waals surface area contributed by atoms with Crippen LogP contribution in [0, 0.1) is 0 Å². The number of sulfonamides is 1. The van der Waals surface area contributed by atoms with E-state index in [1.807, 2.05) is 11.8 Å². The van der Waals surface area contributed by atoms with Gasteiger partial charge in [0.15, 0.2) is 0 Å². The van der Waals surface area contributed by atoms with Gasteiger partial charge in [0, 0.05) is 29.9 Å². The summed E-state index contributed by atoms with van der Waals surface area (Å²) in [5.74, 6) is 0.145. The van der Waals surface area contributed by atoms with Gasteiger partial charge in [0.25, 0.3) is 5.91 Å². The third kappa shape index (κ3) is 4.65. The Hall–Kier alpha value is -1.31. The third-order valence-electron chi connectivity index (χ3n) is 4.77. The maximum Gasteiger partial charge on any atom is 0.254 e.